The quantitative estimate of drug-likeness (QED) is 0.220. The molecule has 17 heavy (non-hydrogen) atoms. The summed E-state index contributed by atoms with van der Waals surface area (Å²) in [6.07, 6.45) is 1.63. The molecule has 1 aromatic rings. The smallest absolute Gasteiger partial charge is 0.213 e. The summed E-state index contributed by atoms with van der Waals surface area (Å²) in [6.45, 7) is 1.06. The van der Waals surface area contributed by atoms with Crippen LogP contribution in [0.5, 0.6) is 5.88 Å². The van der Waals surface area contributed by atoms with Gasteiger partial charge >= 0.3 is 0 Å². The number of hydrogen-bond acceptors (Lipinski definition) is 5. The van der Waals surface area contributed by atoms with Crippen LogP contribution in [0.4, 0.5) is 5.69 Å². The summed E-state index contributed by atoms with van der Waals surface area (Å²) in [7, 11) is 3.18. The van der Waals surface area contributed by atoms with E-state index >= 15 is 0 Å². The molecule has 0 atom stereocenters. The van der Waals surface area contributed by atoms with E-state index in [4.69, 9.17) is 15.3 Å². The van der Waals surface area contributed by atoms with E-state index in [2.05, 4.69) is 20.7 Å². The van der Waals surface area contributed by atoms with Crippen molar-refractivity contribution in [3.63, 3.8) is 0 Å². The number of nitrogens with one attached hydrogen (secondary N) is 2. The van der Waals surface area contributed by atoms with Crippen molar-refractivity contribution in [3.8, 4) is 5.88 Å². The highest BCUT2D eigenvalue weighted by atomic mass is 16.5. The maximum atomic E-state index is 5.33. The van der Waals surface area contributed by atoms with Crippen LogP contribution in [0.25, 0.3) is 0 Å². The maximum Gasteiger partial charge on any atom is 0.213 e. The zero-order chi connectivity index (χ0) is 12.5. The Morgan fingerprint density at radius 2 is 2.29 bits per heavy atom. The first kappa shape index (κ1) is 13.2. The predicted octanol–water partition coefficient (Wildman–Crippen LogP) is -0.0322. The molecule has 0 radical (unpaired) electrons. The summed E-state index contributed by atoms with van der Waals surface area (Å²) in [5.41, 5.74) is 3.23. The van der Waals surface area contributed by atoms with Gasteiger partial charge in [-0.3, -0.25) is 5.43 Å². The second kappa shape index (κ2) is 7.42. The molecule has 7 heteroatoms. The highest BCUT2D eigenvalue weighted by Gasteiger charge is 1.99. The van der Waals surface area contributed by atoms with Crippen molar-refractivity contribution in [3.05, 3.63) is 18.3 Å². The molecule has 0 aromatic carbocycles. The van der Waals surface area contributed by atoms with E-state index in [1.807, 2.05) is 6.07 Å². The fourth-order valence-electron chi connectivity index (χ4n) is 1.08. The van der Waals surface area contributed by atoms with Crippen LogP contribution in [0, 0.1) is 0 Å². The molecule has 1 rings (SSSR count). The number of rotatable bonds is 5. The van der Waals surface area contributed by atoms with Gasteiger partial charge in [0.1, 0.15) is 0 Å². The minimum atomic E-state index is 0.453. The van der Waals surface area contributed by atoms with Gasteiger partial charge in [0.25, 0.3) is 0 Å². The van der Waals surface area contributed by atoms with Gasteiger partial charge in [0.05, 0.1) is 32.1 Å². The van der Waals surface area contributed by atoms with Gasteiger partial charge in [-0.05, 0) is 6.07 Å². The summed E-state index contributed by atoms with van der Waals surface area (Å²) in [6, 6.07) is 3.56. The van der Waals surface area contributed by atoms with E-state index in [0.29, 0.717) is 25.0 Å². The lowest BCUT2D eigenvalue weighted by molar-refractivity contribution is 0.208. The van der Waals surface area contributed by atoms with Crippen LogP contribution in [-0.2, 0) is 4.74 Å². The Bertz CT molecular complexity index is 352. The lowest BCUT2D eigenvalue weighted by Gasteiger charge is -2.09. The standard InChI is InChI=1S/C10H17N5O2/c1-16-6-5-12-10(15-11)14-8-3-4-9(17-2)13-7-8/h3-4,7H,5-6,11H2,1-2H3,(H2,12,14,15). The van der Waals surface area contributed by atoms with Crippen molar-refractivity contribution in [1.29, 1.82) is 0 Å². The Labute approximate surface area is 100 Å². The third kappa shape index (κ3) is 4.66. The van der Waals surface area contributed by atoms with Crippen LogP contribution >= 0.6 is 0 Å². The van der Waals surface area contributed by atoms with Crippen LogP contribution in [0.1, 0.15) is 0 Å². The molecule has 0 spiro atoms. The molecule has 0 saturated carbocycles. The molecule has 0 aliphatic carbocycles. The van der Waals surface area contributed by atoms with Crippen molar-refractivity contribution >= 4 is 11.6 Å². The minimum absolute atomic E-state index is 0.453. The molecular weight excluding hydrogens is 222 g/mol. The van der Waals surface area contributed by atoms with Crippen LogP contribution in [0.3, 0.4) is 0 Å². The molecule has 0 aliphatic rings. The van der Waals surface area contributed by atoms with E-state index in [9.17, 15) is 0 Å². The number of guanidine groups is 1. The first-order valence-electron chi connectivity index (χ1n) is 5.07. The molecule has 1 aromatic heterocycles. The number of methoxy groups -OCH3 is 2. The molecule has 0 aliphatic heterocycles. The average molecular weight is 239 g/mol. The largest absolute Gasteiger partial charge is 0.481 e. The lowest BCUT2D eigenvalue weighted by atomic mass is 10.4. The summed E-state index contributed by atoms with van der Waals surface area (Å²) >= 11 is 0. The van der Waals surface area contributed by atoms with Crippen molar-refractivity contribution in [1.82, 2.24) is 10.4 Å². The summed E-state index contributed by atoms with van der Waals surface area (Å²) in [5.74, 6) is 6.33. The maximum absolute atomic E-state index is 5.33. The van der Waals surface area contributed by atoms with Gasteiger partial charge in [-0.2, -0.15) is 0 Å². The molecule has 4 N–H and O–H groups in total. The monoisotopic (exact) mass is 239 g/mol. The van der Waals surface area contributed by atoms with Gasteiger partial charge in [-0.1, -0.05) is 0 Å². The van der Waals surface area contributed by atoms with Gasteiger partial charge < -0.3 is 14.8 Å². The summed E-state index contributed by atoms with van der Waals surface area (Å²) < 4.78 is 9.84. The van der Waals surface area contributed by atoms with Crippen molar-refractivity contribution < 1.29 is 9.47 Å². The van der Waals surface area contributed by atoms with Crippen molar-refractivity contribution in [2.45, 2.75) is 0 Å². The number of aromatic nitrogens is 1. The summed E-state index contributed by atoms with van der Waals surface area (Å²) in [4.78, 5) is 8.20. The number of pyridine rings is 1. The van der Waals surface area contributed by atoms with E-state index < -0.39 is 0 Å². The van der Waals surface area contributed by atoms with Crippen LogP contribution in [0.2, 0.25) is 0 Å². The molecule has 1 heterocycles. The topological polar surface area (TPSA) is 93.8 Å². The highest BCUT2D eigenvalue weighted by molar-refractivity contribution is 5.93. The Kier molecular flexibility index (Phi) is 5.76. The molecule has 7 nitrogen and oxygen atoms in total. The molecule has 0 saturated heterocycles. The number of anilines is 1. The molecule has 94 valence electrons. The SMILES string of the molecule is COCCN=C(NN)Nc1ccc(OC)nc1. The average Bonchev–Trinajstić information content (AvgIpc) is 2.38. The predicted molar refractivity (Wildman–Crippen MR) is 65.9 cm³/mol. The number of hydrazine groups is 1. The van der Waals surface area contributed by atoms with Crippen molar-refractivity contribution in [2.75, 3.05) is 32.7 Å². The minimum Gasteiger partial charge on any atom is -0.481 e. The Hall–Kier alpha value is -1.86. The van der Waals surface area contributed by atoms with Crippen LogP contribution in [-0.4, -0.2) is 38.3 Å². The van der Waals surface area contributed by atoms with E-state index in [-0.39, 0.29) is 0 Å². The number of aliphatic imine (C=N–C) groups is 1. The number of hydrogen-bond donors (Lipinski definition) is 3. The van der Waals surface area contributed by atoms with Crippen LogP contribution in [0.15, 0.2) is 23.3 Å². The third-order valence-electron chi connectivity index (χ3n) is 1.91. The lowest BCUT2D eigenvalue weighted by Crippen LogP contribution is -2.36. The highest BCUT2D eigenvalue weighted by Crippen LogP contribution is 2.10. The van der Waals surface area contributed by atoms with E-state index in [0.717, 1.165) is 5.69 Å². The van der Waals surface area contributed by atoms with Gasteiger partial charge in [0, 0.05) is 13.2 Å². The molecule has 0 unspecified atom stereocenters. The number of nitrogens with two attached hydrogens (primary N) is 1. The Morgan fingerprint density at radius 3 is 2.82 bits per heavy atom. The molecule has 0 amide bonds. The molecule has 0 bridgehead atoms. The third-order valence-corrected chi connectivity index (χ3v) is 1.91. The molecular formula is C10H17N5O2. The zero-order valence-electron chi connectivity index (χ0n) is 9.93. The second-order valence-corrected chi connectivity index (χ2v) is 3.08. The Morgan fingerprint density at radius 1 is 1.47 bits per heavy atom. The first-order valence-corrected chi connectivity index (χ1v) is 5.07. The van der Waals surface area contributed by atoms with Gasteiger partial charge in [-0.15, -0.1) is 0 Å². The van der Waals surface area contributed by atoms with E-state index in [1.54, 1.807) is 26.5 Å². The Balaban J connectivity index is 2.57. The zero-order valence-corrected chi connectivity index (χ0v) is 9.93. The normalized spacial score (nSPS) is 11.1. The fourth-order valence-corrected chi connectivity index (χ4v) is 1.08. The van der Waals surface area contributed by atoms with Crippen LogP contribution < -0.4 is 21.3 Å². The number of ether oxygens (including phenoxy) is 2. The van der Waals surface area contributed by atoms with Gasteiger partial charge in [-0.25, -0.2) is 15.8 Å². The van der Waals surface area contributed by atoms with E-state index in [1.165, 1.54) is 0 Å². The van der Waals surface area contributed by atoms with Gasteiger partial charge in [0.2, 0.25) is 11.8 Å². The fraction of sp³-hybridized carbons (Fsp3) is 0.400. The summed E-state index contributed by atoms with van der Waals surface area (Å²) in [5, 5.41) is 2.98. The first-order chi connectivity index (χ1) is 8.30. The molecule has 0 fully saturated rings. The van der Waals surface area contributed by atoms with Gasteiger partial charge in [0.15, 0.2) is 0 Å². The number of nitrogens with zero attached hydrogens (tertiary/aromatic N) is 2. The second-order valence-electron chi connectivity index (χ2n) is 3.08. The van der Waals surface area contributed by atoms with Crippen molar-refractivity contribution in [2.24, 2.45) is 10.8 Å².